The minimum Gasteiger partial charge on any atom is -0.497 e. The summed E-state index contributed by atoms with van der Waals surface area (Å²) >= 11 is 0. The third-order valence-corrected chi connectivity index (χ3v) is 4.47. The second-order valence-corrected chi connectivity index (χ2v) is 5.86. The van der Waals surface area contributed by atoms with Crippen molar-refractivity contribution >= 4 is 0 Å². The summed E-state index contributed by atoms with van der Waals surface area (Å²) in [5.41, 5.74) is 0. The van der Waals surface area contributed by atoms with Crippen LogP contribution in [0, 0.1) is 5.92 Å². The van der Waals surface area contributed by atoms with Crippen molar-refractivity contribution in [2.45, 2.75) is 31.7 Å². The van der Waals surface area contributed by atoms with Crippen molar-refractivity contribution in [2.24, 2.45) is 5.92 Å². The molecule has 0 bridgehead atoms. The van der Waals surface area contributed by atoms with Crippen molar-refractivity contribution in [1.82, 2.24) is 4.90 Å². The zero-order chi connectivity index (χ0) is 15.1. The smallest absolute Gasteiger partial charge is 0.119 e. The van der Waals surface area contributed by atoms with Crippen molar-refractivity contribution in [2.75, 3.05) is 33.9 Å². The van der Waals surface area contributed by atoms with Crippen LogP contribution in [0.4, 0.5) is 0 Å². The molecule has 1 aromatic carbocycles. The van der Waals surface area contributed by atoms with Crippen LogP contribution < -0.4 is 9.47 Å². The first-order chi connectivity index (χ1) is 10.2. The number of nitrogens with zero attached hydrogens (tertiary/aromatic N) is 1. The Morgan fingerprint density at radius 3 is 2.29 bits per heavy atom. The second-order valence-electron chi connectivity index (χ2n) is 5.86. The summed E-state index contributed by atoms with van der Waals surface area (Å²) in [5, 5.41) is 9.18. The van der Waals surface area contributed by atoms with E-state index in [4.69, 9.17) is 9.47 Å². The summed E-state index contributed by atoms with van der Waals surface area (Å²) in [5.74, 6) is 2.25. The Hall–Kier alpha value is -1.26. The fourth-order valence-corrected chi connectivity index (χ4v) is 2.93. The molecule has 21 heavy (non-hydrogen) atoms. The highest BCUT2D eigenvalue weighted by Crippen LogP contribution is 2.26. The number of hydrogen-bond donors (Lipinski definition) is 1. The average Bonchev–Trinajstić information content (AvgIpc) is 2.55. The van der Waals surface area contributed by atoms with Crippen LogP contribution in [0.15, 0.2) is 24.3 Å². The molecular weight excluding hydrogens is 266 g/mol. The van der Waals surface area contributed by atoms with E-state index in [0.29, 0.717) is 25.2 Å². The SMILES string of the molecule is COc1ccc(OCCN(C)C2CCC(CO)CC2)cc1. The molecule has 0 amide bonds. The first kappa shape index (κ1) is 16.1. The molecule has 0 aromatic heterocycles. The maximum absolute atomic E-state index is 9.18. The maximum atomic E-state index is 9.18. The van der Waals surface area contributed by atoms with Crippen molar-refractivity contribution < 1.29 is 14.6 Å². The summed E-state index contributed by atoms with van der Waals surface area (Å²) < 4.78 is 10.9. The van der Waals surface area contributed by atoms with E-state index in [1.165, 1.54) is 12.8 Å². The quantitative estimate of drug-likeness (QED) is 0.839. The lowest BCUT2D eigenvalue weighted by atomic mass is 9.86. The van der Waals surface area contributed by atoms with Gasteiger partial charge in [-0.2, -0.15) is 0 Å². The van der Waals surface area contributed by atoms with E-state index in [9.17, 15) is 5.11 Å². The first-order valence-corrected chi connectivity index (χ1v) is 7.81. The van der Waals surface area contributed by atoms with Crippen LogP contribution in [0.1, 0.15) is 25.7 Å². The van der Waals surface area contributed by atoms with Gasteiger partial charge in [0, 0.05) is 19.2 Å². The Kier molecular flexibility index (Phi) is 6.33. The molecule has 2 rings (SSSR count). The van der Waals surface area contributed by atoms with Gasteiger partial charge in [0.2, 0.25) is 0 Å². The summed E-state index contributed by atoms with van der Waals surface area (Å²) in [4.78, 5) is 2.39. The minimum atomic E-state index is 0.344. The van der Waals surface area contributed by atoms with E-state index in [-0.39, 0.29) is 0 Å². The van der Waals surface area contributed by atoms with Gasteiger partial charge in [0.15, 0.2) is 0 Å². The van der Waals surface area contributed by atoms with Crippen LogP contribution in [-0.2, 0) is 0 Å². The number of benzene rings is 1. The number of hydrogen-bond acceptors (Lipinski definition) is 4. The molecule has 4 nitrogen and oxygen atoms in total. The van der Waals surface area contributed by atoms with Crippen LogP contribution in [0.5, 0.6) is 11.5 Å². The molecule has 0 spiro atoms. The van der Waals surface area contributed by atoms with Gasteiger partial charge in [0.05, 0.1) is 7.11 Å². The Labute approximate surface area is 127 Å². The topological polar surface area (TPSA) is 41.9 Å². The molecule has 0 saturated heterocycles. The van der Waals surface area contributed by atoms with Crippen molar-refractivity contribution in [3.05, 3.63) is 24.3 Å². The van der Waals surface area contributed by atoms with Crippen molar-refractivity contribution in [3.8, 4) is 11.5 Å². The predicted octanol–water partition coefficient (Wildman–Crippen LogP) is 2.56. The number of rotatable bonds is 7. The van der Waals surface area contributed by atoms with Gasteiger partial charge in [0.1, 0.15) is 18.1 Å². The molecule has 1 fully saturated rings. The molecule has 1 aliphatic rings. The lowest BCUT2D eigenvalue weighted by Crippen LogP contribution is -2.38. The maximum Gasteiger partial charge on any atom is 0.119 e. The fraction of sp³-hybridized carbons (Fsp3) is 0.647. The van der Waals surface area contributed by atoms with Crippen molar-refractivity contribution in [1.29, 1.82) is 0 Å². The summed E-state index contributed by atoms with van der Waals surface area (Å²) in [6, 6.07) is 8.33. The number of methoxy groups -OCH3 is 1. The van der Waals surface area contributed by atoms with Gasteiger partial charge in [-0.1, -0.05) is 0 Å². The Balaban J connectivity index is 1.68. The molecule has 1 saturated carbocycles. The highest BCUT2D eigenvalue weighted by Gasteiger charge is 2.23. The molecule has 118 valence electrons. The standard InChI is InChI=1S/C17H27NO3/c1-18(15-5-3-14(13-19)4-6-15)11-12-21-17-9-7-16(20-2)8-10-17/h7-10,14-15,19H,3-6,11-13H2,1-2H3. The largest absolute Gasteiger partial charge is 0.497 e. The van der Waals surface area contributed by atoms with E-state index in [1.54, 1.807) is 7.11 Å². The Bertz CT molecular complexity index is 399. The molecule has 0 atom stereocenters. The molecule has 1 N–H and O–H groups in total. The lowest BCUT2D eigenvalue weighted by molar-refractivity contribution is 0.116. The second kappa shape index (κ2) is 8.25. The van der Waals surface area contributed by atoms with Gasteiger partial charge in [0.25, 0.3) is 0 Å². The van der Waals surface area contributed by atoms with Crippen LogP contribution >= 0.6 is 0 Å². The minimum absolute atomic E-state index is 0.344. The third kappa shape index (κ3) is 4.90. The third-order valence-electron chi connectivity index (χ3n) is 4.47. The van der Waals surface area contributed by atoms with Gasteiger partial charge in [-0.15, -0.1) is 0 Å². The van der Waals surface area contributed by atoms with Crippen LogP contribution in [0.3, 0.4) is 0 Å². The predicted molar refractivity (Wildman–Crippen MR) is 84.0 cm³/mol. The average molecular weight is 293 g/mol. The fourth-order valence-electron chi connectivity index (χ4n) is 2.93. The number of aliphatic hydroxyl groups excluding tert-OH is 1. The summed E-state index contributed by atoms with van der Waals surface area (Å²) in [7, 11) is 3.83. The summed E-state index contributed by atoms with van der Waals surface area (Å²) in [6.07, 6.45) is 4.66. The zero-order valence-corrected chi connectivity index (χ0v) is 13.1. The van der Waals surface area contributed by atoms with Gasteiger partial charge in [-0.3, -0.25) is 0 Å². The van der Waals surface area contributed by atoms with Gasteiger partial charge in [-0.05, 0) is 62.9 Å². The van der Waals surface area contributed by atoms with E-state index in [2.05, 4.69) is 11.9 Å². The Morgan fingerprint density at radius 1 is 1.10 bits per heavy atom. The number of aliphatic hydroxyl groups is 1. The van der Waals surface area contributed by atoms with E-state index >= 15 is 0 Å². The highest BCUT2D eigenvalue weighted by molar-refractivity contribution is 5.31. The molecule has 0 aliphatic heterocycles. The van der Waals surface area contributed by atoms with Gasteiger partial charge < -0.3 is 19.5 Å². The van der Waals surface area contributed by atoms with Gasteiger partial charge >= 0.3 is 0 Å². The molecule has 1 aromatic rings. The molecule has 0 unspecified atom stereocenters. The van der Waals surface area contributed by atoms with E-state index in [1.807, 2.05) is 24.3 Å². The summed E-state index contributed by atoms with van der Waals surface area (Å²) in [6.45, 7) is 1.97. The molecule has 0 radical (unpaired) electrons. The van der Waals surface area contributed by atoms with Gasteiger partial charge in [-0.25, -0.2) is 0 Å². The highest BCUT2D eigenvalue weighted by atomic mass is 16.5. The Morgan fingerprint density at radius 2 is 1.71 bits per heavy atom. The van der Waals surface area contributed by atoms with Crippen molar-refractivity contribution in [3.63, 3.8) is 0 Å². The lowest BCUT2D eigenvalue weighted by Gasteiger charge is -2.34. The van der Waals surface area contributed by atoms with Crippen LogP contribution in [-0.4, -0.2) is 50.0 Å². The molecule has 0 heterocycles. The molecular formula is C17H27NO3. The van der Waals surface area contributed by atoms with E-state index in [0.717, 1.165) is 30.9 Å². The van der Waals surface area contributed by atoms with Crippen LogP contribution in [0.2, 0.25) is 0 Å². The molecule has 4 heteroatoms. The van der Waals surface area contributed by atoms with E-state index < -0.39 is 0 Å². The monoisotopic (exact) mass is 293 g/mol. The zero-order valence-electron chi connectivity index (χ0n) is 13.1. The first-order valence-electron chi connectivity index (χ1n) is 7.81. The normalized spacial score (nSPS) is 22.3. The number of likely N-dealkylation sites (N-methyl/N-ethyl adjacent to an activating group) is 1. The number of ether oxygens (including phenoxy) is 2. The molecule has 1 aliphatic carbocycles. The van der Waals surface area contributed by atoms with Crippen LogP contribution in [0.25, 0.3) is 0 Å².